The molecule has 1 saturated heterocycles. The van der Waals surface area contributed by atoms with Gasteiger partial charge in [0.25, 0.3) is 0 Å². The summed E-state index contributed by atoms with van der Waals surface area (Å²) in [6, 6.07) is 6.92. The van der Waals surface area contributed by atoms with Gasteiger partial charge in [-0.2, -0.15) is 0 Å². The van der Waals surface area contributed by atoms with E-state index in [1.54, 1.807) is 18.1 Å². The largest absolute Gasteiger partial charge is 0.465 e. The molecule has 3 rings (SSSR count). The normalized spacial score (nSPS) is 20.7. The fraction of sp³-hybridized carbons (Fsp3) is 0.750. The van der Waals surface area contributed by atoms with Crippen molar-refractivity contribution in [1.82, 2.24) is 15.1 Å². The summed E-state index contributed by atoms with van der Waals surface area (Å²) in [7, 11) is 1.68. The van der Waals surface area contributed by atoms with Crippen LogP contribution in [0.2, 0.25) is 5.02 Å². The van der Waals surface area contributed by atoms with Gasteiger partial charge < -0.3 is 25.2 Å². The summed E-state index contributed by atoms with van der Waals surface area (Å²) in [5, 5.41) is 25.9. The summed E-state index contributed by atoms with van der Waals surface area (Å²) in [4.78, 5) is 29.2. The molecule has 41 heavy (non-hydrogen) atoms. The second kappa shape index (κ2) is 15.4. The van der Waals surface area contributed by atoms with Crippen molar-refractivity contribution in [2.75, 3.05) is 33.4 Å². The monoisotopic (exact) mass is 593 g/mol. The van der Waals surface area contributed by atoms with Crippen molar-refractivity contribution >= 4 is 23.7 Å². The number of carbonyl (C=O) groups is 2. The number of urea groups is 1. The minimum atomic E-state index is -1.12. The van der Waals surface area contributed by atoms with E-state index < -0.39 is 17.2 Å². The van der Waals surface area contributed by atoms with Gasteiger partial charge in [-0.25, -0.2) is 9.59 Å². The second-order valence-electron chi connectivity index (χ2n) is 13.1. The predicted molar refractivity (Wildman–Crippen MR) is 163 cm³/mol. The Bertz CT molecular complexity index is 980. The number of benzene rings is 1. The van der Waals surface area contributed by atoms with E-state index in [9.17, 15) is 19.8 Å². The third-order valence-corrected chi connectivity index (χ3v) is 9.21. The van der Waals surface area contributed by atoms with Gasteiger partial charge in [0.1, 0.15) is 0 Å². The Labute approximate surface area is 251 Å². The number of carbonyl (C=O) groups excluding carboxylic acids is 1. The van der Waals surface area contributed by atoms with E-state index in [0.717, 1.165) is 50.5 Å². The zero-order valence-corrected chi connectivity index (χ0v) is 26.3. The minimum Gasteiger partial charge on any atom is -0.465 e. The van der Waals surface area contributed by atoms with Crippen LogP contribution in [0.15, 0.2) is 24.3 Å². The summed E-state index contributed by atoms with van der Waals surface area (Å²) < 4.78 is 5.22. The molecule has 3 atom stereocenters. The molecule has 0 spiro atoms. The summed E-state index contributed by atoms with van der Waals surface area (Å²) in [6.07, 6.45) is 9.41. The highest BCUT2D eigenvalue weighted by atomic mass is 35.5. The van der Waals surface area contributed by atoms with Gasteiger partial charge in [-0.15, -0.1) is 0 Å². The molecule has 2 aliphatic rings. The van der Waals surface area contributed by atoms with E-state index in [1.165, 1.54) is 24.2 Å². The van der Waals surface area contributed by atoms with Crippen molar-refractivity contribution in [3.8, 4) is 0 Å². The van der Waals surface area contributed by atoms with Crippen LogP contribution in [0.3, 0.4) is 0 Å². The van der Waals surface area contributed by atoms with Crippen LogP contribution in [0.25, 0.3) is 0 Å². The van der Waals surface area contributed by atoms with Crippen molar-refractivity contribution < 1.29 is 24.5 Å². The maximum atomic E-state index is 13.5. The Balaban J connectivity index is 1.73. The van der Waals surface area contributed by atoms with Crippen LogP contribution in [0.4, 0.5) is 9.59 Å². The lowest BCUT2D eigenvalue weighted by Gasteiger charge is -2.44. The summed E-state index contributed by atoms with van der Waals surface area (Å²) >= 11 is 6.32. The zero-order valence-electron chi connectivity index (χ0n) is 25.5. The van der Waals surface area contributed by atoms with Crippen molar-refractivity contribution in [2.24, 2.45) is 11.8 Å². The smallest absolute Gasteiger partial charge is 0.408 e. The summed E-state index contributed by atoms with van der Waals surface area (Å²) in [6.45, 7) is 7.67. The van der Waals surface area contributed by atoms with Crippen LogP contribution in [0, 0.1) is 11.8 Å². The van der Waals surface area contributed by atoms with Crippen LogP contribution < -0.4 is 5.32 Å². The van der Waals surface area contributed by atoms with E-state index in [2.05, 4.69) is 5.32 Å². The van der Waals surface area contributed by atoms with E-state index in [-0.39, 0.29) is 24.5 Å². The highest BCUT2D eigenvalue weighted by molar-refractivity contribution is 6.30. The van der Waals surface area contributed by atoms with Crippen LogP contribution in [0.1, 0.15) is 97.0 Å². The third kappa shape index (κ3) is 9.48. The fourth-order valence-electron chi connectivity index (χ4n) is 6.93. The highest BCUT2D eigenvalue weighted by Crippen LogP contribution is 2.40. The molecule has 1 aromatic carbocycles. The van der Waals surface area contributed by atoms with Gasteiger partial charge in [-0.05, 0) is 82.9 Å². The number of piperidine rings is 1. The molecule has 0 bridgehead atoms. The molecule has 9 heteroatoms. The molecule has 1 aromatic rings. The van der Waals surface area contributed by atoms with E-state index in [1.807, 2.05) is 39.0 Å². The third-order valence-electron chi connectivity index (χ3n) is 8.98. The van der Waals surface area contributed by atoms with Gasteiger partial charge in [0.15, 0.2) is 0 Å². The average molecular weight is 594 g/mol. The van der Waals surface area contributed by atoms with Gasteiger partial charge in [-0.1, -0.05) is 55.8 Å². The number of likely N-dealkylation sites (tertiary alicyclic amines) is 1. The quantitative estimate of drug-likeness (QED) is 0.229. The molecule has 0 radical (unpaired) electrons. The fourth-order valence-corrected chi connectivity index (χ4v) is 7.12. The summed E-state index contributed by atoms with van der Waals surface area (Å²) in [5.41, 5.74) is -0.917. The zero-order chi connectivity index (χ0) is 30.0. The standard InChI is InChI=1S/C32H52ClN3O5/c1-31(2,3)36(30(38)39)28(20-24-12-6-5-7-13-24)22-34-29(37)35-18-11-15-26(23-35)32(40,17-8-9-19-41-4)25-14-10-16-27(33)21-25/h10,14,16,21,24,26,28,40H,5-9,11-13,15,17-20,22-23H2,1-4H3,(H,34,37)(H,38,39)/t26-,28+,32-/m1/s1. The SMILES string of the molecule is COCCCC[C@@](O)(c1cccc(Cl)c1)[C@@H]1CCCN(C(=O)NC[C@H](CC2CCCCC2)N(C(=O)O)C(C)(C)C)C1. The van der Waals surface area contributed by atoms with Crippen molar-refractivity contribution in [2.45, 2.75) is 109 Å². The molecule has 0 aromatic heterocycles. The van der Waals surface area contributed by atoms with Gasteiger partial charge in [0, 0.05) is 49.8 Å². The van der Waals surface area contributed by atoms with Crippen molar-refractivity contribution in [3.63, 3.8) is 0 Å². The molecule has 8 nitrogen and oxygen atoms in total. The lowest BCUT2D eigenvalue weighted by atomic mass is 9.74. The topological polar surface area (TPSA) is 102 Å². The molecule has 1 heterocycles. The molecule has 232 valence electrons. The van der Waals surface area contributed by atoms with Gasteiger partial charge in [0.2, 0.25) is 0 Å². The molecule has 1 aliphatic carbocycles. The van der Waals surface area contributed by atoms with Gasteiger partial charge >= 0.3 is 12.1 Å². The first-order valence-corrected chi connectivity index (χ1v) is 15.9. The number of methoxy groups -OCH3 is 1. The Morgan fingerprint density at radius 2 is 1.88 bits per heavy atom. The molecule has 2 fully saturated rings. The minimum absolute atomic E-state index is 0.147. The first-order valence-electron chi connectivity index (χ1n) is 15.5. The molecule has 1 saturated carbocycles. The van der Waals surface area contributed by atoms with Crippen LogP contribution in [0.5, 0.6) is 0 Å². The number of hydrogen-bond donors (Lipinski definition) is 3. The Morgan fingerprint density at radius 3 is 2.51 bits per heavy atom. The molecule has 0 unspecified atom stereocenters. The molecule has 1 aliphatic heterocycles. The molecule has 3 amide bonds. The number of hydrogen-bond acceptors (Lipinski definition) is 4. The number of carboxylic acid groups (broad SMARTS) is 1. The number of unbranched alkanes of at least 4 members (excludes halogenated alkanes) is 1. The number of ether oxygens (including phenoxy) is 1. The number of aliphatic hydroxyl groups is 1. The molecular formula is C32H52ClN3O5. The second-order valence-corrected chi connectivity index (χ2v) is 13.5. The maximum absolute atomic E-state index is 13.5. The number of amides is 3. The Morgan fingerprint density at radius 1 is 1.15 bits per heavy atom. The first kappa shape index (κ1) is 33.5. The predicted octanol–water partition coefficient (Wildman–Crippen LogP) is 6.88. The van der Waals surface area contributed by atoms with Crippen molar-refractivity contribution in [1.29, 1.82) is 0 Å². The van der Waals surface area contributed by atoms with Gasteiger partial charge in [0.05, 0.1) is 11.6 Å². The van der Waals surface area contributed by atoms with E-state index in [4.69, 9.17) is 16.3 Å². The highest BCUT2D eigenvalue weighted by Gasteiger charge is 2.42. The number of rotatable bonds is 12. The van der Waals surface area contributed by atoms with Gasteiger partial charge in [-0.3, -0.25) is 4.90 Å². The molecular weight excluding hydrogens is 542 g/mol. The lowest BCUT2D eigenvalue weighted by Crippen LogP contribution is -2.57. The van der Waals surface area contributed by atoms with E-state index in [0.29, 0.717) is 37.1 Å². The van der Waals surface area contributed by atoms with Crippen LogP contribution in [-0.2, 0) is 10.3 Å². The van der Waals surface area contributed by atoms with Crippen molar-refractivity contribution in [3.05, 3.63) is 34.9 Å². The Kier molecular flexibility index (Phi) is 12.6. The van der Waals surface area contributed by atoms with Crippen LogP contribution >= 0.6 is 11.6 Å². The first-order chi connectivity index (χ1) is 19.5. The molecule has 3 N–H and O–H groups in total. The number of nitrogens with zero attached hydrogens (tertiary/aromatic N) is 2. The average Bonchev–Trinajstić information content (AvgIpc) is 2.93. The lowest BCUT2D eigenvalue weighted by molar-refractivity contribution is -0.0563. The van der Waals surface area contributed by atoms with Crippen LogP contribution in [-0.4, -0.2) is 77.1 Å². The number of halogens is 1. The maximum Gasteiger partial charge on any atom is 0.408 e. The van der Waals surface area contributed by atoms with E-state index >= 15 is 0 Å². The number of nitrogens with one attached hydrogen (secondary N) is 1. The summed E-state index contributed by atoms with van der Waals surface area (Å²) in [5.74, 6) is 0.325. The Hall–Kier alpha value is -2.03.